The van der Waals surface area contributed by atoms with Crippen LogP contribution in [-0.2, 0) is 0 Å². The second-order valence-electron chi connectivity index (χ2n) is 2.34. The fraction of sp³-hybridized carbons (Fsp3) is 0.571. The van der Waals surface area contributed by atoms with Gasteiger partial charge in [-0.05, 0) is 6.42 Å². The SMILES string of the molecule is N#CCC1([O-])C=CCC1.[Li+]. The van der Waals surface area contributed by atoms with Gasteiger partial charge in [0, 0.05) is 6.42 Å². The first kappa shape index (κ1) is 9.79. The predicted octanol–water partition coefficient (Wildman–Crippen LogP) is -2.65. The summed E-state index contributed by atoms with van der Waals surface area (Å²) in [4.78, 5) is 0. The maximum atomic E-state index is 11.2. The van der Waals surface area contributed by atoms with Gasteiger partial charge in [0.1, 0.15) is 0 Å². The van der Waals surface area contributed by atoms with Crippen LogP contribution in [0, 0.1) is 11.3 Å². The van der Waals surface area contributed by atoms with Gasteiger partial charge in [-0.25, -0.2) is 0 Å². The minimum absolute atomic E-state index is 0. The normalized spacial score (nSPS) is 29.2. The summed E-state index contributed by atoms with van der Waals surface area (Å²) in [6, 6.07) is 1.89. The summed E-state index contributed by atoms with van der Waals surface area (Å²) in [5.41, 5.74) is -1.05. The summed E-state index contributed by atoms with van der Waals surface area (Å²) in [5, 5.41) is 19.4. The molecule has 48 valence electrons. The number of rotatable bonds is 1. The fourth-order valence-electron chi connectivity index (χ4n) is 0.990. The molecule has 0 amide bonds. The van der Waals surface area contributed by atoms with Crippen molar-refractivity contribution in [3.05, 3.63) is 12.2 Å². The Hall–Kier alpha value is -0.213. The van der Waals surface area contributed by atoms with Crippen LogP contribution in [0.25, 0.3) is 0 Å². The molecule has 0 fully saturated rings. The predicted molar refractivity (Wildman–Crippen MR) is 31.3 cm³/mol. The van der Waals surface area contributed by atoms with Gasteiger partial charge >= 0.3 is 18.9 Å². The molecular formula is C7H8LiNO. The van der Waals surface area contributed by atoms with Gasteiger partial charge in [0.05, 0.1) is 6.07 Å². The summed E-state index contributed by atoms with van der Waals surface area (Å²) in [7, 11) is 0. The monoisotopic (exact) mass is 129 g/mol. The number of hydrogen-bond donors (Lipinski definition) is 0. The topological polar surface area (TPSA) is 46.8 Å². The Morgan fingerprint density at radius 1 is 1.70 bits per heavy atom. The van der Waals surface area contributed by atoms with Crippen molar-refractivity contribution in [1.29, 1.82) is 5.26 Å². The third kappa shape index (κ3) is 2.19. The zero-order valence-electron chi connectivity index (χ0n) is 6.13. The quantitative estimate of drug-likeness (QED) is 0.287. The van der Waals surface area contributed by atoms with Gasteiger partial charge < -0.3 is 5.11 Å². The van der Waals surface area contributed by atoms with Crippen molar-refractivity contribution in [3.63, 3.8) is 0 Å². The van der Waals surface area contributed by atoms with Crippen LogP contribution in [0.5, 0.6) is 0 Å². The average molecular weight is 129 g/mol. The molecule has 1 aliphatic rings. The largest absolute Gasteiger partial charge is 1.00 e. The Labute approximate surface area is 72.7 Å². The second-order valence-corrected chi connectivity index (χ2v) is 2.34. The first-order valence-corrected chi connectivity index (χ1v) is 3.02. The molecule has 1 atom stereocenters. The van der Waals surface area contributed by atoms with Crippen LogP contribution in [-0.4, -0.2) is 5.60 Å². The van der Waals surface area contributed by atoms with Crippen LogP contribution >= 0.6 is 0 Å². The van der Waals surface area contributed by atoms with Crippen LogP contribution in [0.2, 0.25) is 0 Å². The van der Waals surface area contributed by atoms with Gasteiger partial charge in [0.15, 0.2) is 0 Å². The van der Waals surface area contributed by atoms with Crippen LogP contribution in [0.3, 0.4) is 0 Å². The number of hydrogen-bond acceptors (Lipinski definition) is 2. The smallest absolute Gasteiger partial charge is 0.846 e. The standard InChI is InChI=1S/C7H8NO.Li/c8-6-5-7(9)3-1-2-4-7;/h1,3H,2,4-5H2;/q-1;+1. The molecular weight excluding hydrogens is 121 g/mol. The maximum absolute atomic E-state index is 11.2. The molecule has 0 N–H and O–H groups in total. The van der Waals surface area contributed by atoms with Crippen LogP contribution in [0.15, 0.2) is 12.2 Å². The Bertz CT molecular complexity index is 173. The van der Waals surface area contributed by atoms with E-state index in [0.29, 0.717) is 6.42 Å². The van der Waals surface area contributed by atoms with E-state index in [1.807, 2.05) is 12.1 Å². The molecule has 0 aliphatic heterocycles. The summed E-state index contributed by atoms with van der Waals surface area (Å²) in [6.07, 6.45) is 5.01. The van der Waals surface area contributed by atoms with Crippen molar-refractivity contribution in [1.82, 2.24) is 0 Å². The van der Waals surface area contributed by atoms with Crippen molar-refractivity contribution < 1.29 is 24.0 Å². The molecule has 3 heteroatoms. The van der Waals surface area contributed by atoms with Crippen molar-refractivity contribution in [2.45, 2.75) is 24.9 Å². The maximum Gasteiger partial charge on any atom is 1.00 e. The molecule has 10 heavy (non-hydrogen) atoms. The van der Waals surface area contributed by atoms with E-state index in [2.05, 4.69) is 0 Å². The molecule has 1 aliphatic carbocycles. The third-order valence-electron chi connectivity index (χ3n) is 1.53. The summed E-state index contributed by atoms with van der Waals surface area (Å²) >= 11 is 0. The van der Waals surface area contributed by atoms with E-state index >= 15 is 0 Å². The van der Waals surface area contributed by atoms with E-state index in [-0.39, 0.29) is 25.3 Å². The van der Waals surface area contributed by atoms with Crippen molar-refractivity contribution >= 4 is 0 Å². The molecule has 0 aromatic heterocycles. The van der Waals surface area contributed by atoms with E-state index < -0.39 is 5.60 Å². The van der Waals surface area contributed by atoms with E-state index in [0.717, 1.165) is 6.42 Å². The summed E-state index contributed by atoms with van der Waals surface area (Å²) in [6.45, 7) is 0. The first-order chi connectivity index (χ1) is 4.27. The molecule has 0 saturated carbocycles. The van der Waals surface area contributed by atoms with Crippen LogP contribution in [0.4, 0.5) is 0 Å². The van der Waals surface area contributed by atoms with Crippen molar-refractivity contribution in [3.8, 4) is 6.07 Å². The molecule has 0 saturated heterocycles. The molecule has 0 heterocycles. The minimum Gasteiger partial charge on any atom is -0.846 e. The molecule has 0 aromatic rings. The summed E-state index contributed by atoms with van der Waals surface area (Å²) < 4.78 is 0. The molecule has 0 aromatic carbocycles. The van der Waals surface area contributed by atoms with E-state index in [4.69, 9.17) is 5.26 Å². The van der Waals surface area contributed by atoms with E-state index in [1.54, 1.807) is 6.08 Å². The van der Waals surface area contributed by atoms with E-state index in [9.17, 15) is 5.11 Å². The molecule has 0 spiro atoms. The van der Waals surface area contributed by atoms with Gasteiger partial charge in [-0.2, -0.15) is 5.26 Å². The minimum atomic E-state index is -1.05. The van der Waals surface area contributed by atoms with E-state index in [1.165, 1.54) is 0 Å². The second kappa shape index (κ2) is 3.84. The molecule has 2 nitrogen and oxygen atoms in total. The number of nitrogens with zero attached hydrogens (tertiary/aromatic N) is 1. The zero-order valence-corrected chi connectivity index (χ0v) is 6.13. The molecule has 0 bridgehead atoms. The average Bonchev–Trinajstić information content (AvgIpc) is 2.16. The van der Waals surface area contributed by atoms with Crippen LogP contribution < -0.4 is 24.0 Å². The third-order valence-corrected chi connectivity index (χ3v) is 1.53. The Morgan fingerprint density at radius 2 is 2.40 bits per heavy atom. The Kier molecular flexibility index (Phi) is 3.75. The zero-order chi connectivity index (χ0) is 6.74. The van der Waals surface area contributed by atoms with Gasteiger partial charge in [-0.3, -0.25) is 0 Å². The fourth-order valence-corrected chi connectivity index (χ4v) is 0.990. The number of nitriles is 1. The molecule has 1 rings (SSSR count). The van der Waals surface area contributed by atoms with Crippen molar-refractivity contribution in [2.24, 2.45) is 0 Å². The molecule has 0 radical (unpaired) electrons. The Morgan fingerprint density at radius 3 is 2.80 bits per heavy atom. The Balaban J connectivity index is 0.000000810. The van der Waals surface area contributed by atoms with Gasteiger partial charge in [0.25, 0.3) is 0 Å². The first-order valence-electron chi connectivity index (χ1n) is 3.02. The summed E-state index contributed by atoms with van der Waals surface area (Å²) in [5.74, 6) is 0. The van der Waals surface area contributed by atoms with Crippen LogP contribution in [0.1, 0.15) is 19.3 Å². The van der Waals surface area contributed by atoms with Gasteiger partial charge in [0.2, 0.25) is 0 Å². The number of allylic oxidation sites excluding steroid dienone is 1. The van der Waals surface area contributed by atoms with Gasteiger partial charge in [-0.1, -0.05) is 24.2 Å². The van der Waals surface area contributed by atoms with Gasteiger partial charge in [-0.15, -0.1) is 0 Å². The molecule has 1 unspecified atom stereocenters. The van der Waals surface area contributed by atoms with Crippen molar-refractivity contribution in [2.75, 3.05) is 0 Å².